The van der Waals surface area contributed by atoms with E-state index in [1.165, 1.54) is 19.3 Å². The van der Waals surface area contributed by atoms with E-state index in [-0.39, 0.29) is 12.4 Å². The molecule has 1 aromatic rings. The zero-order chi connectivity index (χ0) is 12.5. The van der Waals surface area contributed by atoms with Gasteiger partial charge < -0.3 is 4.74 Å². The maximum absolute atomic E-state index is 11.7. The summed E-state index contributed by atoms with van der Waals surface area (Å²) in [7, 11) is 0. The zero-order valence-electron chi connectivity index (χ0n) is 10.2. The number of hydrogen-bond acceptors (Lipinski definition) is 3. The molecule has 4 heteroatoms. The summed E-state index contributed by atoms with van der Waals surface area (Å²) in [5.74, 6) is 0.780. The Morgan fingerprint density at radius 1 is 1.22 bits per heavy atom. The lowest BCUT2D eigenvalue weighted by molar-refractivity contribution is 0.0960. The summed E-state index contributed by atoms with van der Waals surface area (Å²) < 4.78 is 5.50. The molecule has 1 saturated heterocycles. The third-order valence-electron chi connectivity index (χ3n) is 3.62. The van der Waals surface area contributed by atoms with Crippen molar-refractivity contribution in [2.24, 2.45) is 0 Å². The van der Waals surface area contributed by atoms with Crippen molar-refractivity contribution >= 4 is 17.4 Å². The second-order valence-corrected chi connectivity index (χ2v) is 5.43. The number of nitrogens with zero attached hydrogens (tertiary/aromatic N) is 1. The molecule has 3 rings (SSSR count). The highest BCUT2D eigenvalue weighted by Crippen LogP contribution is 2.33. The van der Waals surface area contributed by atoms with Crippen LogP contribution in [0.3, 0.4) is 0 Å². The molecule has 0 saturated carbocycles. The van der Waals surface area contributed by atoms with Crippen LogP contribution in [-0.2, 0) is 6.54 Å². The number of Topliss-reactive ketones (excluding diaryl/α,β-unsaturated/α-hetero) is 1. The van der Waals surface area contributed by atoms with E-state index in [9.17, 15) is 4.79 Å². The van der Waals surface area contributed by atoms with Crippen LogP contribution < -0.4 is 4.74 Å². The average molecular weight is 266 g/mol. The summed E-state index contributed by atoms with van der Waals surface area (Å²) in [6.07, 6.45) is 3.82. The summed E-state index contributed by atoms with van der Waals surface area (Å²) in [6.45, 7) is 3.23. The number of ketones is 1. The monoisotopic (exact) mass is 265 g/mol. The fraction of sp³-hybridized carbons (Fsp3) is 0.500. The standard InChI is InChI=1S/C14H16ClNO2/c15-11-6-10(8-16-4-2-1-3-5-16)14-12(7-11)13(17)9-18-14/h6-7H,1-5,8-9H2. The molecule has 0 aromatic heterocycles. The highest BCUT2D eigenvalue weighted by Gasteiger charge is 2.25. The molecule has 0 atom stereocenters. The first-order chi connectivity index (χ1) is 8.74. The van der Waals surface area contributed by atoms with Gasteiger partial charge in [0.2, 0.25) is 5.78 Å². The highest BCUT2D eigenvalue weighted by molar-refractivity contribution is 6.31. The van der Waals surface area contributed by atoms with Gasteiger partial charge in [-0.25, -0.2) is 0 Å². The summed E-state index contributed by atoms with van der Waals surface area (Å²) in [6, 6.07) is 3.64. The Labute approximate surface area is 112 Å². The minimum atomic E-state index is 0.0346. The maximum Gasteiger partial charge on any atom is 0.203 e. The summed E-state index contributed by atoms with van der Waals surface area (Å²) in [5, 5.41) is 0.625. The van der Waals surface area contributed by atoms with Crippen LogP contribution in [0.1, 0.15) is 35.2 Å². The quantitative estimate of drug-likeness (QED) is 0.824. The fourth-order valence-electron chi connectivity index (χ4n) is 2.72. The van der Waals surface area contributed by atoms with E-state index in [4.69, 9.17) is 16.3 Å². The molecule has 2 aliphatic heterocycles. The zero-order valence-corrected chi connectivity index (χ0v) is 11.0. The molecule has 2 heterocycles. The Morgan fingerprint density at radius 2 is 2.00 bits per heavy atom. The fourth-order valence-corrected chi connectivity index (χ4v) is 2.96. The minimum absolute atomic E-state index is 0.0346. The second kappa shape index (κ2) is 4.90. The topological polar surface area (TPSA) is 29.5 Å². The van der Waals surface area contributed by atoms with Crippen molar-refractivity contribution in [1.82, 2.24) is 4.90 Å². The van der Waals surface area contributed by atoms with Gasteiger partial charge in [0.1, 0.15) is 5.75 Å². The van der Waals surface area contributed by atoms with Gasteiger partial charge in [0.15, 0.2) is 6.61 Å². The van der Waals surface area contributed by atoms with Crippen LogP contribution in [0.15, 0.2) is 12.1 Å². The Balaban J connectivity index is 1.87. The number of fused-ring (bicyclic) bond motifs is 1. The molecule has 1 fully saturated rings. The first-order valence-electron chi connectivity index (χ1n) is 6.45. The van der Waals surface area contributed by atoms with Gasteiger partial charge in [0.05, 0.1) is 5.56 Å². The largest absolute Gasteiger partial charge is 0.484 e. The SMILES string of the molecule is O=C1COc2c(CN3CCCCC3)cc(Cl)cc21. The average Bonchev–Trinajstić information content (AvgIpc) is 2.73. The molecule has 0 N–H and O–H groups in total. The van der Waals surface area contributed by atoms with Gasteiger partial charge in [0, 0.05) is 17.1 Å². The van der Waals surface area contributed by atoms with Crippen molar-refractivity contribution in [3.05, 3.63) is 28.3 Å². The Morgan fingerprint density at radius 3 is 2.78 bits per heavy atom. The highest BCUT2D eigenvalue weighted by atomic mass is 35.5. The Kier molecular flexibility index (Phi) is 3.27. The van der Waals surface area contributed by atoms with E-state index in [0.29, 0.717) is 10.6 Å². The van der Waals surface area contributed by atoms with Crippen molar-refractivity contribution in [2.45, 2.75) is 25.8 Å². The molecule has 18 heavy (non-hydrogen) atoms. The smallest absolute Gasteiger partial charge is 0.203 e. The van der Waals surface area contributed by atoms with Gasteiger partial charge in [-0.15, -0.1) is 0 Å². The Hall–Kier alpha value is -1.06. The molecule has 96 valence electrons. The molecule has 1 aromatic carbocycles. The molecule has 0 amide bonds. The van der Waals surface area contributed by atoms with Crippen molar-refractivity contribution in [3.8, 4) is 5.75 Å². The van der Waals surface area contributed by atoms with Crippen LogP contribution in [0.25, 0.3) is 0 Å². The normalized spacial score (nSPS) is 19.7. The van der Waals surface area contributed by atoms with Crippen LogP contribution in [0.4, 0.5) is 0 Å². The van der Waals surface area contributed by atoms with Gasteiger partial charge in [-0.1, -0.05) is 18.0 Å². The number of carbonyl (C=O) groups is 1. The summed E-state index contributed by atoms with van der Waals surface area (Å²) in [4.78, 5) is 14.1. The number of piperidine rings is 1. The van der Waals surface area contributed by atoms with E-state index < -0.39 is 0 Å². The molecule has 0 bridgehead atoms. The molecular weight excluding hydrogens is 250 g/mol. The number of ether oxygens (including phenoxy) is 1. The number of rotatable bonds is 2. The Bertz CT molecular complexity index is 481. The predicted molar refractivity (Wildman–Crippen MR) is 70.4 cm³/mol. The van der Waals surface area contributed by atoms with Crippen LogP contribution in [0.5, 0.6) is 5.75 Å². The van der Waals surface area contributed by atoms with Crippen molar-refractivity contribution < 1.29 is 9.53 Å². The van der Waals surface area contributed by atoms with Gasteiger partial charge >= 0.3 is 0 Å². The number of benzene rings is 1. The van der Waals surface area contributed by atoms with Crippen molar-refractivity contribution in [2.75, 3.05) is 19.7 Å². The van der Waals surface area contributed by atoms with Crippen molar-refractivity contribution in [1.29, 1.82) is 0 Å². The van der Waals surface area contributed by atoms with Gasteiger partial charge in [-0.2, -0.15) is 0 Å². The van der Waals surface area contributed by atoms with Crippen LogP contribution in [0.2, 0.25) is 5.02 Å². The van der Waals surface area contributed by atoms with Crippen molar-refractivity contribution in [3.63, 3.8) is 0 Å². The molecule has 3 nitrogen and oxygen atoms in total. The van der Waals surface area contributed by atoms with E-state index in [2.05, 4.69) is 4.90 Å². The molecule has 0 aliphatic carbocycles. The first kappa shape index (κ1) is 12.0. The summed E-state index contributed by atoms with van der Waals surface area (Å²) in [5.41, 5.74) is 1.69. The first-order valence-corrected chi connectivity index (χ1v) is 6.82. The summed E-state index contributed by atoms with van der Waals surface area (Å²) >= 11 is 6.09. The van der Waals surface area contributed by atoms with Gasteiger partial charge in [0.25, 0.3) is 0 Å². The predicted octanol–water partition coefficient (Wildman–Crippen LogP) is 2.90. The lowest BCUT2D eigenvalue weighted by Crippen LogP contribution is -2.29. The third-order valence-corrected chi connectivity index (χ3v) is 3.84. The molecule has 0 radical (unpaired) electrons. The molecule has 0 spiro atoms. The maximum atomic E-state index is 11.7. The third kappa shape index (κ3) is 2.25. The van der Waals surface area contributed by atoms with E-state index in [1.807, 2.05) is 6.07 Å². The van der Waals surface area contributed by atoms with E-state index in [0.717, 1.165) is 30.9 Å². The number of halogens is 1. The van der Waals surface area contributed by atoms with Crippen LogP contribution >= 0.6 is 11.6 Å². The second-order valence-electron chi connectivity index (χ2n) is 4.99. The van der Waals surface area contributed by atoms with E-state index in [1.54, 1.807) is 6.07 Å². The van der Waals surface area contributed by atoms with Crippen LogP contribution in [-0.4, -0.2) is 30.4 Å². The lowest BCUT2D eigenvalue weighted by Gasteiger charge is -2.27. The van der Waals surface area contributed by atoms with Gasteiger partial charge in [-0.05, 0) is 38.1 Å². The number of likely N-dealkylation sites (tertiary alicyclic amines) is 1. The molecule has 0 unspecified atom stereocenters. The molecule has 2 aliphatic rings. The minimum Gasteiger partial charge on any atom is -0.484 e. The lowest BCUT2D eigenvalue weighted by atomic mass is 10.1. The number of carbonyl (C=O) groups excluding carboxylic acids is 1. The number of hydrogen-bond donors (Lipinski definition) is 0. The van der Waals surface area contributed by atoms with Gasteiger partial charge in [-0.3, -0.25) is 9.69 Å². The molecular formula is C14H16ClNO2. The van der Waals surface area contributed by atoms with Crippen LogP contribution in [0, 0.1) is 0 Å². The van der Waals surface area contributed by atoms with E-state index >= 15 is 0 Å².